The van der Waals surface area contributed by atoms with E-state index < -0.39 is 17.5 Å². The van der Waals surface area contributed by atoms with Crippen molar-refractivity contribution < 1.29 is 18.7 Å². The van der Waals surface area contributed by atoms with Crippen LogP contribution in [0.25, 0.3) is 5.52 Å². The topological polar surface area (TPSA) is 107 Å². The van der Waals surface area contributed by atoms with Crippen molar-refractivity contribution in [3.8, 4) is 11.6 Å². The fourth-order valence-corrected chi connectivity index (χ4v) is 3.61. The van der Waals surface area contributed by atoms with Gasteiger partial charge in [-0.2, -0.15) is 10.1 Å². The van der Waals surface area contributed by atoms with Crippen molar-refractivity contribution in [1.82, 2.24) is 24.8 Å². The molecule has 0 atom stereocenters. The average Bonchev–Trinajstić information content (AvgIpc) is 3.08. The SMILES string of the molecule is CC(C)(C)OC(=O)NCC1CN(Cc2ccn3ncnc(Oc4ccc(N)cc4F)c23)C1. The summed E-state index contributed by atoms with van der Waals surface area (Å²) >= 11 is 0. The number of nitrogen functional groups attached to an aromatic ring is 1. The van der Waals surface area contributed by atoms with E-state index in [4.69, 9.17) is 15.2 Å². The van der Waals surface area contributed by atoms with Gasteiger partial charge in [0.15, 0.2) is 11.6 Å². The average molecular weight is 442 g/mol. The summed E-state index contributed by atoms with van der Waals surface area (Å²) in [6, 6.07) is 6.20. The predicted octanol–water partition coefficient (Wildman–Crippen LogP) is 3.20. The zero-order chi connectivity index (χ0) is 22.9. The highest BCUT2D eigenvalue weighted by molar-refractivity contribution is 5.67. The lowest BCUT2D eigenvalue weighted by Crippen LogP contribution is -2.51. The molecule has 3 N–H and O–H groups in total. The number of carbonyl (C=O) groups is 1. The van der Waals surface area contributed by atoms with Crippen LogP contribution in [0.15, 0.2) is 36.8 Å². The van der Waals surface area contributed by atoms with Crippen LogP contribution in [0.4, 0.5) is 14.9 Å². The maximum atomic E-state index is 14.2. The van der Waals surface area contributed by atoms with Crippen LogP contribution < -0.4 is 15.8 Å². The van der Waals surface area contributed by atoms with Gasteiger partial charge in [-0.3, -0.25) is 4.90 Å². The number of anilines is 1. The molecular formula is C22H27FN6O3. The van der Waals surface area contributed by atoms with Crippen LogP contribution in [0, 0.1) is 11.7 Å². The molecule has 1 aliphatic heterocycles. The maximum absolute atomic E-state index is 14.2. The van der Waals surface area contributed by atoms with Gasteiger partial charge in [0.05, 0.1) is 0 Å². The third kappa shape index (κ3) is 5.08. The van der Waals surface area contributed by atoms with Crippen LogP contribution in [0.5, 0.6) is 11.6 Å². The van der Waals surface area contributed by atoms with Gasteiger partial charge < -0.3 is 20.5 Å². The molecule has 0 unspecified atom stereocenters. The molecule has 32 heavy (non-hydrogen) atoms. The Bertz CT molecular complexity index is 1120. The fraction of sp³-hybridized carbons (Fsp3) is 0.409. The minimum atomic E-state index is -0.557. The highest BCUT2D eigenvalue weighted by Crippen LogP contribution is 2.30. The van der Waals surface area contributed by atoms with Crippen molar-refractivity contribution in [3.63, 3.8) is 0 Å². The lowest BCUT2D eigenvalue weighted by atomic mass is 9.99. The maximum Gasteiger partial charge on any atom is 0.407 e. The number of amides is 1. The smallest absolute Gasteiger partial charge is 0.407 e. The van der Waals surface area contributed by atoms with E-state index in [-0.39, 0.29) is 11.6 Å². The van der Waals surface area contributed by atoms with Crippen molar-refractivity contribution in [2.24, 2.45) is 5.92 Å². The standard InChI is InChI=1S/C22H27FN6O3/c1-22(2,3)32-21(30)25-9-14-10-28(11-14)12-15-6-7-29-19(15)20(26-13-27-29)31-18-5-4-16(24)8-17(18)23/h4-8,13-14H,9-12,24H2,1-3H3,(H,25,30). The first-order valence-corrected chi connectivity index (χ1v) is 10.4. The van der Waals surface area contributed by atoms with Crippen molar-refractivity contribution in [3.05, 3.63) is 48.2 Å². The molecule has 10 heteroatoms. The number of likely N-dealkylation sites (tertiary alicyclic amines) is 1. The Hall–Kier alpha value is -3.40. The molecule has 1 saturated heterocycles. The van der Waals surface area contributed by atoms with Gasteiger partial charge in [-0.25, -0.2) is 13.7 Å². The van der Waals surface area contributed by atoms with Gasteiger partial charge in [-0.15, -0.1) is 0 Å². The number of ether oxygens (including phenoxy) is 2. The molecular weight excluding hydrogens is 415 g/mol. The summed E-state index contributed by atoms with van der Waals surface area (Å²) < 4.78 is 26.9. The van der Waals surface area contributed by atoms with Gasteiger partial charge >= 0.3 is 6.09 Å². The number of aromatic nitrogens is 3. The summed E-state index contributed by atoms with van der Waals surface area (Å²) in [6.07, 6.45) is 2.78. The molecule has 0 radical (unpaired) electrons. The predicted molar refractivity (Wildman–Crippen MR) is 117 cm³/mol. The quantitative estimate of drug-likeness (QED) is 0.565. The van der Waals surface area contributed by atoms with Gasteiger partial charge in [0.2, 0.25) is 5.88 Å². The fourth-order valence-electron chi connectivity index (χ4n) is 3.61. The number of nitrogens with one attached hydrogen (secondary N) is 1. The second-order valence-electron chi connectivity index (χ2n) is 8.93. The summed E-state index contributed by atoms with van der Waals surface area (Å²) in [6.45, 7) is 8.41. The Morgan fingerprint density at radius 1 is 1.31 bits per heavy atom. The molecule has 0 bridgehead atoms. The molecule has 1 aromatic carbocycles. The van der Waals surface area contributed by atoms with E-state index in [0.29, 0.717) is 30.2 Å². The van der Waals surface area contributed by atoms with Gasteiger partial charge in [0.1, 0.15) is 17.4 Å². The van der Waals surface area contributed by atoms with Crippen LogP contribution in [0.1, 0.15) is 26.3 Å². The van der Waals surface area contributed by atoms with E-state index in [1.54, 1.807) is 10.6 Å². The van der Waals surface area contributed by atoms with E-state index in [9.17, 15) is 9.18 Å². The number of alkyl carbamates (subject to hydrolysis) is 1. The number of hydrogen-bond acceptors (Lipinski definition) is 7. The number of rotatable bonds is 6. The first-order valence-electron chi connectivity index (χ1n) is 10.4. The Labute approximate surface area is 185 Å². The number of halogens is 1. The monoisotopic (exact) mass is 442 g/mol. The molecule has 3 aromatic rings. The summed E-state index contributed by atoms with van der Waals surface area (Å²) in [5.41, 5.74) is 7.07. The van der Waals surface area contributed by atoms with E-state index in [1.165, 1.54) is 18.5 Å². The van der Waals surface area contributed by atoms with Crippen LogP contribution >= 0.6 is 0 Å². The van der Waals surface area contributed by atoms with Gasteiger partial charge in [0.25, 0.3) is 0 Å². The highest BCUT2D eigenvalue weighted by atomic mass is 19.1. The normalized spacial score (nSPS) is 14.9. The van der Waals surface area contributed by atoms with Crippen molar-refractivity contribution >= 4 is 17.3 Å². The minimum Gasteiger partial charge on any atom is -0.444 e. The van der Waals surface area contributed by atoms with Gasteiger partial charge in [-0.05, 0) is 44.5 Å². The van der Waals surface area contributed by atoms with Crippen LogP contribution in [-0.4, -0.2) is 50.8 Å². The number of hydrogen-bond donors (Lipinski definition) is 2. The van der Waals surface area contributed by atoms with E-state index in [2.05, 4.69) is 20.3 Å². The van der Waals surface area contributed by atoms with Gasteiger partial charge in [-0.1, -0.05) is 0 Å². The number of nitrogens with zero attached hydrogens (tertiary/aromatic N) is 4. The largest absolute Gasteiger partial charge is 0.444 e. The van der Waals surface area contributed by atoms with E-state index in [1.807, 2.05) is 33.0 Å². The number of benzene rings is 1. The molecule has 4 rings (SSSR count). The third-order valence-corrected chi connectivity index (χ3v) is 5.03. The lowest BCUT2D eigenvalue weighted by molar-refractivity contribution is 0.0457. The zero-order valence-corrected chi connectivity index (χ0v) is 18.3. The number of fused-ring (bicyclic) bond motifs is 1. The molecule has 2 aromatic heterocycles. The first-order chi connectivity index (χ1) is 15.2. The lowest BCUT2D eigenvalue weighted by Gasteiger charge is -2.39. The van der Waals surface area contributed by atoms with E-state index >= 15 is 0 Å². The summed E-state index contributed by atoms with van der Waals surface area (Å²) in [5.74, 6) is 0.113. The van der Waals surface area contributed by atoms with Crippen molar-refractivity contribution in [1.29, 1.82) is 0 Å². The molecule has 3 heterocycles. The molecule has 0 spiro atoms. The van der Waals surface area contributed by atoms with E-state index in [0.717, 1.165) is 18.7 Å². The Balaban J connectivity index is 1.38. The van der Waals surface area contributed by atoms with Gasteiger partial charge in [0, 0.05) is 50.0 Å². The van der Waals surface area contributed by atoms with Crippen LogP contribution in [-0.2, 0) is 11.3 Å². The second kappa shape index (κ2) is 8.62. The third-order valence-electron chi connectivity index (χ3n) is 5.03. The summed E-state index contributed by atoms with van der Waals surface area (Å²) in [4.78, 5) is 18.3. The highest BCUT2D eigenvalue weighted by Gasteiger charge is 2.29. The zero-order valence-electron chi connectivity index (χ0n) is 18.3. The Morgan fingerprint density at radius 3 is 2.81 bits per heavy atom. The molecule has 1 fully saturated rings. The Morgan fingerprint density at radius 2 is 2.09 bits per heavy atom. The molecule has 9 nitrogen and oxygen atoms in total. The molecule has 0 aliphatic carbocycles. The number of carbonyl (C=O) groups excluding carboxylic acids is 1. The summed E-state index contributed by atoms with van der Waals surface area (Å²) in [5, 5.41) is 7.04. The van der Waals surface area contributed by atoms with Crippen LogP contribution in [0.3, 0.4) is 0 Å². The molecule has 1 aliphatic rings. The second-order valence-corrected chi connectivity index (χ2v) is 8.93. The Kier molecular flexibility index (Phi) is 5.88. The van der Waals surface area contributed by atoms with Crippen molar-refractivity contribution in [2.45, 2.75) is 32.9 Å². The summed E-state index contributed by atoms with van der Waals surface area (Å²) in [7, 11) is 0. The van der Waals surface area contributed by atoms with Crippen LogP contribution in [0.2, 0.25) is 0 Å². The molecule has 170 valence electrons. The number of nitrogens with two attached hydrogens (primary N) is 1. The molecule has 0 saturated carbocycles. The minimum absolute atomic E-state index is 0.0455. The van der Waals surface area contributed by atoms with Crippen molar-refractivity contribution in [2.75, 3.05) is 25.4 Å². The molecule has 1 amide bonds. The first kappa shape index (κ1) is 21.8.